The standard InChI is InChI=1S/C12H10N2O4/c15-12(16)11-6-3-7-13(11)8-9-4-1-2-5-10(9)14(17)18/h1-7H,8H2,(H,15,16). The summed E-state index contributed by atoms with van der Waals surface area (Å²) in [4.78, 5) is 21.3. The molecule has 2 rings (SSSR count). The van der Waals surface area contributed by atoms with Crippen LogP contribution >= 0.6 is 0 Å². The van der Waals surface area contributed by atoms with E-state index in [4.69, 9.17) is 5.11 Å². The van der Waals surface area contributed by atoms with Crippen LogP contribution in [0.3, 0.4) is 0 Å². The number of hydrogen-bond donors (Lipinski definition) is 1. The normalized spacial score (nSPS) is 10.2. The highest BCUT2D eigenvalue weighted by Gasteiger charge is 2.15. The first-order chi connectivity index (χ1) is 8.59. The minimum Gasteiger partial charge on any atom is -0.477 e. The van der Waals surface area contributed by atoms with E-state index in [1.165, 1.54) is 16.7 Å². The molecule has 0 saturated carbocycles. The number of carboxylic acids is 1. The Hall–Kier alpha value is -2.63. The third kappa shape index (κ3) is 2.22. The molecule has 0 spiro atoms. The Labute approximate surface area is 102 Å². The maximum atomic E-state index is 10.9. The van der Waals surface area contributed by atoms with Crippen LogP contribution in [-0.2, 0) is 6.54 Å². The van der Waals surface area contributed by atoms with E-state index < -0.39 is 10.9 Å². The number of aromatic carboxylic acids is 1. The van der Waals surface area contributed by atoms with Gasteiger partial charge in [-0.3, -0.25) is 10.1 Å². The zero-order valence-corrected chi connectivity index (χ0v) is 9.31. The van der Waals surface area contributed by atoms with E-state index in [-0.39, 0.29) is 17.9 Å². The Morgan fingerprint density at radius 3 is 2.67 bits per heavy atom. The van der Waals surface area contributed by atoms with Crippen LogP contribution in [0.4, 0.5) is 5.69 Å². The molecule has 0 radical (unpaired) electrons. The lowest BCUT2D eigenvalue weighted by Gasteiger charge is -2.06. The number of carboxylic acid groups (broad SMARTS) is 1. The van der Waals surface area contributed by atoms with Gasteiger partial charge in [0, 0.05) is 17.8 Å². The van der Waals surface area contributed by atoms with Crippen LogP contribution in [0.15, 0.2) is 42.6 Å². The maximum Gasteiger partial charge on any atom is 0.352 e. The van der Waals surface area contributed by atoms with Crippen LogP contribution in [0.25, 0.3) is 0 Å². The van der Waals surface area contributed by atoms with E-state index in [0.29, 0.717) is 5.56 Å². The van der Waals surface area contributed by atoms with Crippen LogP contribution < -0.4 is 0 Å². The second-order valence-electron chi connectivity index (χ2n) is 3.71. The van der Waals surface area contributed by atoms with Gasteiger partial charge in [0.1, 0.15) is 5.69 Å². The van der Waals surface area contributed by atoms with Crippen molar-refractivity contribution in [2.45, 2.75) is 6.54 Å². The molecule has 0 aliphatic carbocycles. The Balaban J connectivity index is 2.37. The first kappa shape index (κ1) is 11.8. The van der Waals surface area contributed by atoms with Gasteiger partial charge in [0.05, 0.1) is 11.5 Å². The molecule has 92 valence electrons. The summed E-state index contributed by atoms with van der Waals surface area (Å²) in [7, 11) is 0. The molecule has 0 saturated heterocycles. The second-order valence-corrected chi connectivity index (χ2v) is 3.71. The van der Waals surface area contributed by atoms with Crippen molar-refractivity contribution in [3.05, 3.63) is 64.0 Å². The number of aromatic nitrogens is 1. The van der Waals surface area contributed by atoms with Gasteiger partial charge in [-0.2, -0.15) is 0 Å². The van der Waals surface area contributed by atoms with Gasteiger partial charge in [0.25, 0.3) is 5.69 Å². The minimum atomic E-state index is -1.06. The molecule has 0 amide bonds. The zero-order chi connectivity index (χ0) is 13.1. The summed E-state index contributed by atoms with van der Waals surface area (Å²) in [6.07, 6.45) is 1.58. The fourth-order valence-electron chi connectivity index (χ4n) is 1.75. The molecule has 6 nitrogen and oxygen atoms in total. The molecule has 18 heavy (non-hydrogen) atoms. The van der Waals surface area contributed by atoms with Crippen molar-refractivity contribution in [1.29, 1.82) is 0 Å². The first-order valence-corrected chi connectivity index (χ1v) is 5.20. The Bertz CT molecular complexity index is 604. The summed E-state index contributed by atoms with van der Waals surface area (Å²) < 4.78 is 1.46. The number of hydrogen-bond acceptors (Lipinski definition) is 3. The lowest BCUT2D eigenvalue weighted by atomic mass is 10.2. The fourth-order valence-corrected chi connectivity index (χ4v) is 1.75. The molecule has 6 heteroatoms. The van der Waals surface area contributed by atoms with Gasteiger partial charge in [-0.1, -0.05) is 18.2 Å². The fraction of sp³-hybridized carbons (Fsp3) is 0.0833. The molecule has 0 aliphatic heterocycles. The van der Waals surface area contributed by atoms with Gasteiger partial charge in [-0.05, 0) is 12.1 Å². The highest BCUT2D eigenvalue weighted by Crippen LogP contribution is 2.19. The zero-order valence-electron chi connectivity index (χ0n) is 9.31. The molecule has 1 aromatic carbocycles. The van der Waals surface area contributed by atoms with Crippen LogP contribution in [0, 0.1) is 10.1 Å². The molecule has 0 aliphatic rings. The van der Waals surface area contributed by atoms with Gasteiger partial charge in [-0.25, -0.2) is 4.79 Å². The quantitative estimate of drug-likeness (QED) is 0.661. The minimum absolute atomic E-state index is 0.0115. The summed E-state index contributed by atoms with van der Waals surface area (Å²) in [6.45, 7) is 0.159. The number of carbonyl (C=O) groups is 1. The molecule has 0 fully saturated rings. The lowest BCUT2D eigenvalue weighted by molar-refractivity contribution is -0.385. The number of nitro benzene ring substituents is 1. The molecular weight excluding hydrogens is 236 g/mol. The van der Waals surface area contributed by atoms with Gasteiger partial charge in [0.15, 0.2) is 0 Å². The Morgan fingerprint density at radius 1 is 1.28 bits per heavy atom. The highest BCUT2D eigenvalue weighted by atomic mass is 16.6. The van der Waals surface area contributed by atoms with Crippen molar-refractivity contribution in [3.8, 4) is 0 Å². The maximum absolute atomic E-state index is 10.9. The summed E-state index contributed by atoms with van der Waals surface area (Å²) in [5, 5.41) is 19.8. The van der Waals surface area contributed by atoms with Gasteiger partial charge in [-0.15, -0.1) is 0 Å². The van der Waals surface area contributed by atoms with E-state index in [9.17, 15) is 14.9 Å². The first-order valence-electron chi connectivity index (χ1n) is 5.20. The third-order valence-electron chi connectivity index (χ3n) is 2.58. The van der Waals surface area contributed by atoms with Crippen molar-refractivity contribution < 1.29 is 14.8 Å². The summed E-state index contributed by atoms with van der Waals surface area (Å²) >= 11 is 0. The van der Waals surface area contributed by atoms with E-state index in [0.717, 1.165) is 0 Å². The van der Waals surface area contributed by atoms with Crippen molar-refractivity contribution in [1.82, 2.24) is 4.57 Å². The van der Waals surface area contributed by atoms with Crippen molar-refractivity contribution in [2.24, 2.45) is 0 Å². The number of para-hydroxylation sites is 1. The Kier molecular flexibility index (Phi) is 3.09. The van der Waals surface area contributed by atoms with E-state index in [1.54, 1.807) is 30.5 Å². The van der Waals surface area contributed by atoms with Gasteiger partial charge in [0.2, 0.25) is 0 Å². The Morgan fingerprint density at radius 2 is 2.00 bits per heavy atom. The molecule has 2 aromatic rings. The van der Waals surface area contributed by atoms with Crippen LogP contribution in [0.1, 0.15) is 16.1 Å². The predicted octanol–water partition coefficient (Wildman–Crippen LogP) is 2.14. The second kappa shape index (κ2) is 4.70. The van der Waals surface area contributed by atoms with E-state index in [2.05, 4.69) is 0 Å². The van der Waals surface area contributed by atoms with Crippen molar-refractivity contribution >= 4 is 11.7 Å². The summed E-state index contributed by atoms with van der Waals surface area (Å²) in [6, 6.07) is 9.33. The molecule has 0 unspecified atom stereocenters. The summed E-state index contributed by atoms with van der Waals surface area (Å²) in [5.41, 5.74) is 0.567. The van der Waals surface area contributed by atoms with E-state index in [1.807, 2.05) is 0 Å². The molecule has 1 N–H and O–H groups in total. The van der Waals surface area contributed by atoms with Gasteiger partial charge < -0.3 is 9.67 Å². The number of nitro groups is 1. The van der Waals surface area contributed by atoms with Crippen LogP contribution in [0.2, 0.25) is 0 Å². The number of nitrogens with zero attached hydrogens (tertiary/aromatic N) is 2. The predicted molar refractivity (Wildman–Crippen MR) is 63.6 cm³/mol. The van der Waals surface area contributed by atoms with Crippen molar-refractivity contribution in [2.75, 3.05) is 0 Å². The van der Waals surface area contributed by atoms with E-state index >= 15 is 0 Å². The highest BCUT2D eigenvalue weighted by molar-refractivity contribution is 5.85. The van der Waals surface area contributed by atoms with Crippen LogP contribution in [-0.4, -0.2) is 20.6 Å². The number of benzene rings is 1. The largest absolute Gasteiger partial charge is 0.477 e. The smallest absolute Gasteiger partial charge is 0.352 e. The third-order valence-corrected chi connectivity index (χ3v) is 2.58. The monoisotopic (exact) mass is 246 g/mol. The molecular formula is C12H10N2O4. The average Bonchev–Trinajstić information content (AvgIpc) is 2.77. The summed E-state index contributed by atoms with van der Waals surface area (Å²) in [5.74, 6) is -1.06. The molecule has 0 atom stereocenters. The molecule has 1 aromatic heterocycles. The SMILES string of the molecule is O=C(O)c1cccn1Cc1ccccc1[N+](=O)[O-]. The van der Waals surface area contributed by atoms with Crippen LogP contribution in [0.5, 0.6) is 0 Å². The topological polar surface area (TPSA) is 85.4 Å². The van der Waals surface area contributed by atoms with Gasteiger partial charge >= 0.3 is 5.97 Å². The average molecular weight is 246 g/mol. The molecule has 1 heterocycles. The molecule has 0 bridgehead atoms. The van der Waals surface area contributed by atoms with Crippen molar-refractivity contribution in [3.63, 3.8) is 0 Å². The number of rotatable bonds is 4. The lowest BCUT2D eigenvalue weighted by Crippen LogP contribution is -2.09.